The Morgan fingerprint density at radius 3 is 0.907 bits per heavy atom. The molecule has 7 rings (SSSR count). The van der Waals surface area contributed by atoms with Crippen LogP contribution in [0.15, 0.2) is 109 Å². The van der Waals surface area contributed by atoms with Gasteiger partial charge in [-0.1, -0.05) is 203 Å². The van der Waals surface area contributed by atoms with Crippen molar-refractivity contribution in [2.75, 3.05) is 0 Å². The minimum Gasteiger partial charge on any atom is -0.0686 e. The average Bonchev–Trinajstić information content (AvgIpc) is 3.08. The molecule has 0 aliphatic rings. The molecule has 0 N–H and O–H groups in total. The number of benzene rings is 7. The molecule has 0 nitrogen and oxygen atoms in total. The summed E-state index contributed by atoms with van der Waals surface area (Å²) in [5.41, 5.74) is 27.0. The summed E-state index contributed by atoms with van der Waals surface area (Å²) in [4.78, 5) is 0. The van der Waals surface area contributed by atoms with Crippen LogP contribution in [-0.4, -0.2) is 13.4 Å². The minimum absolute atomic E-state index is 0.164. The van der Waals surface area contributed by atoms with E-state index >= 15 is 0 Å². The largest absolute Gasteiger partial charge is 0.242 e. The molecule has 268 valence electrons. The molecule has 0 saturated heterocycles. The summed E-state index contributed by atoms with van der Waals surface area (Å²) in [5.74, 6) is 0. The molecule has 0 radical (unpaired) electrons. The smallest absolute Gasteiger partial charge is 0.0686 e. The zero-order valence-corrected chi connectivity index (χ0v) is 34.5. The molecule has 0 bridgehead atoms. The molecule has 0 saturated carbocycles. The minimum atomic E-state index is 0.164. The summed E-state index contributed by atoms with van der Waals surface area (Å²) >= 11 is 0. The SMILES string of the molecule is Cc1cc(C)c(B(c2ccc(-c3ccc4cc(B(c5c(C)cc(C)cc5C)c5c(C)cc(C)cc5C)ccc4c3)cc2)c2c(C)cc(C)cc2C)c(C)c1. The Labute approximate surface area is 325 Å². The van der Waals surface area contributed by atoms with Crippen molar-refractivity contribution in [2.45, 2.75) is 83.1 Å². The molecule has 0 amide bonds. The Bertz CT molecular complexity index is 2360. The van der Waals surface area contributed by atoms with E-state index in [4.69, 9.17) is 0 Å². The van der Waals surface area contributed by atoms with Crippen LogP contribution >= 0.6 is 0 Å². The third-order valence-corrected chi connectivity index (χ3v) is 11.9. The number of rotatable bonds is 7. The van der Waals surface area contributed by atoms with E-state index in [1.807, 2.05) is 0 Å². The van der Waals surface area contributed by atoms with Gasteiger partial charge in [0.1, 0.15) is 0 Å². The lowest BCUT2D eigenvalue weighted by Crippen LogP contribution is -2.55. The van der Waals surface area contributed by atoms with E-state index in [1.165, 1.54) is 121 Å². The van der Waals surface area contributed by atoms with Gasteiger partial charge < -0.3 is 0 Å². The van der Waals surface area contributed by atoms with Gasteiger partial charge in [-0.3, -0.25) is 0 Å². The zero-order valence-electron chi connectivity index (χ0n) is 34.5. The maximum atomic E-state index is 2.44. The summed E-state index contributed by atoms with van der Waals surface area (Å²) in [6, 6.07) is 42.3. The first-order chi connectivity index (χ1) is 25.7. The second kappa shape index (κ2) is 14.6. The van der Waals surface area contributed by atoms with Crippen molar-refractivity contribution in [3.05, 3.63) is 176 Å². The summed E-state index contributed by atoms with van der Waals surface area (Å²) in [6.45, 7) is 27.4. The Balaban J connectivity index is 1.30. The van der Waals surface area contributed by atoms with E-state index in [-0.39, 0.29) is 13.4 Å². The molecule has 0 atom stereocenters. The second-order valence-corrected chi connectivity index (χ2v) is 16.6. The average molecular weight is 701 g/mol. The fourth-order valence-corrected chi connectivity index (χ4v) is 10.0. The number of hydrogen-bond donors (Lipinski definition) is 0. The van der Waals surface area contributed by atoms with E-state index in [9.17, 15) is 0 Å². The second-order valence-electron chi connectivity index (χ2n) is 16.6. The summed E-state index contributed by atoms with van der Waals surface area (Å²) < 4.78 is 0. The molecule has 2 heteroatoms. The molecular formula is C52H54B2. The van der Waals surface area contributed by atoms with Crippen molar-refractivity contribution in [3.8, 4) is 11.1 Å². The van der Waals surface area contributed by atoms with Gasteiger partial charge >= 0.3 is 0 Å². The molecule has 0 aliphatic heterocycles. The van der Waals surface area contributed by atoms with Crippen molar-refractivity contribution < 1.29 is 0 Å². The molecule has 54 heavy (non-hydrogen) atoms. The normalized spacial score (nSPS) is 11.3. The van der Waals surface area contributed by atoms with Gasteiger partial charge in [-0.15, -0.1) is 0 Å². The van der Waals surface area contributed by atoms with Crippen molar-refractivity contribution in [1.82, 2.24) is 0 Å². The number of fused-ring (bicyclic) bond motifs is 1. The Morgan fingerprint density at radius 1 is 0.259 bits per heavy atom. The van der Waals surface area contributed by atoms with Crippen molar-refractivity contribution >= 4 is 57.0 Å². The molecule has 7 aromatic rings. The number of hydrogen-bond acceptors (Lipinski definition) is 0. The first-order valence-corrected chi connectivity index (χ1v) is 19.6. The van der Waals surface area contributed by atoms with Crippen LogP contribution in [0.2, 0.25) is 0 Å². The summed E-state index contributed by atoms with van der Waals surface area (Å²) in [7, 11) is 0. The molecule has 0 spiro atoms. The highest BCUT2D eigenvalue weighted by molar-refractivity contribution is 6.97. The predicted molar refractivity (Wildman–Crippen MR) is 241 cm³/mol. The molecule has 0 unspecified atom stereocenters. The van der Waals surface area contributed by atoms with Gasteiger partial charge in [0.05, 0.1) is 0 Å². The van der Waals surface area contributed by atoms with E-state index in [2.05, 4.69) is 192 Å². The molecular weight excluding hydrogens is 646 g/mol. The molecule has 0 fully saturated rings. The first kappa shape index (κ1) is 37.3. The number of aryl methyl sites for hydroxylation is 12. The topological polar surface area (TPSA) is 0 Å². The van der Waals surface area contributed by atoms with Gasteiger partial charge in [-0.25, -0.2) is 0 Å². The van der Waals surface area contributed by atoms with Crippen LogP contribution in [0.1, 0.15) is 66.8 Å². The molecule has 0 aliphatic carbocycles. The lowest BCUT2D eigenvalue weighted by atomic mass is 9.34. The molecule has 7 aromatic carbocycles. The monoisotopic (exact) mass is 700 g/mol. The first-order valence-electron chi connectivity index (χ1n) is 19.6. The standard InChI is InChI=1S/C52H54B2/c1-31-21-35(5)49(36(6)22-31)53(50-37(7)23-32(2)24-38(50)8)47-18-15-43(16-19-47)44-13-14-46-30-48(20-17-45(46)29-44)54(51-39(9)25-33(3)26-40(51)10)52-41(11)27-34(4)28-42(52)12/h13-30H,1-12H3. The zero-order chi connectivity index (χ0) is 38.6. The summed E-state index contributed by atoms with van der Waals surface area (Å²) in [5, 5.41) is 2.54. The fourth-order valence-electron chi connectivity index (χ4n) is 10.0. The van der Waals surface area contributed by atoms with Gasteiger partial charge in [-0.05, 0) is 111 Å². The van der Waals surface area contributed by atoms with E-state index < -0.39 is 0 Å². The van der Waals surface area contributed by atoms with Gasteiger partial charge in [0.2, 0.25) is 13.4 Å². The molecule has 0 aromatic heterocycles. The van der Waals surface area contributed by atoms with Crippen LogP contribution in [0, 0.1) is 83.1 Å². The van der Waals surface area contributed by atoms with E-state index in [1.54, 1.807) is 0 Å². The third-order valence-electron chi connectivity index (χ3n) is 11.9. The molecule has 0 heterocycles. The van der Waals surface area contributed by atoms with Crippen LogP contribution in [0.5, 0.6) is 0 Å². The van der Waals surface area contributed by atoms with Crippen LogP contribution in [0.25, 0.3) is 21.9 Å². The lowest BCUT2D eigenvalue weighted by molar-refractivity contribution is 1.34. The highest BCUT2D eigenvalue weighted by atomic mass is 14.1. The summed E-state index contributed by atoms with van der Waals surface area (Å²) in [6.07, 6.45) is 0. The van der Waals surface area contributed by atoms with Crippen LogP contribution < -0.4 is 32.8 Å². The van der Waals surface area contributed by atoms with Crippen molar-refractivity contribution in [2.24, 2.45) is 0 Å². The Kier molecular flexibility index (Phi) is 10.1. The Morgan fingerprint density at radius 2 is 0.537 bits per heavy atom. The van der Waals surface area contributed by atoms with Crippen LogP contribution in [0.4, 0.5) is 0 Å². The van der Waals surface area contributed by atoms with Crippen LogP contribution in [-0.2, 0) is 0 Å². The third kappa shape index (κ3) is 7.00. The highest BCUT2D eigenvalue weighted by Crippen LogP contribution is 2.25. The van der Waals surface area contributed by atoms with E-state index in [0.29, 0.717) is 0 Å². The maximum absolute atomic E-state index is 2.44. The fraction of sp³-hybridized carbons (Fsp3) is 0.231. The van der Waals surface area contributed by atoms with Gasteiger partial charge in [0.15, 0.2) is 0 Å². The van der Waals surface area contributed by atoms with Gasteiger partial charge in [-0.2, -0.15) is 0 Å². The van der Waals surface area contributed by atoms with Crippen LogP contribution in [0.3, 0.4) is 0 Å². The lowest BCUT2D eigenvalue weighted by Gasteiger charge is -2.25. The van der Waals surface area contributed by atoms with Crippen molar-refractivity contribution in [3.63, 3.8) is 0 Å². The quantitative estimate of drug-likeness (QED) is 0.146. The Hall–Kier alpha value is -5.07. The van der Waals surface area contributed by atoms with Crippen molar-refractivity contribution in [1.29, 1.82) is 0 Å². The van der Waals surface area contributed by atoms with E-state index in [0.717, 1.165) is 0 Å². The van der Waals surface area contributed by atoms with Gasteiger partial charge in [0.25, 0.3) is 0 Å². The predicted octanol–water partition coefficient (Wildman–Crippen LogP) is 9.24. The van der Waals surface area contributed by atoms with Gasteiger partial charge in [0, 0.05) is 0 Å². The highest BCUT2D eigenvalue weighted by Gasteiger charge is 2.30. The maximum Gasteiger partial charge on any atom is 0.242 e.